The molecule has 180 valence electrons. The first-order valence-corrected chi connectivity index (χ1v) is 12.7. The molecule has 0 saturated carbocycles. The van der Waals surface area contributed by atoms with E-state index in [1.807, 2.05) is 45.0 Å². The van der Waals surface area contributed by atoms with Gasteiger partial charge in [-0.25, -0.2) is 12.8 Å². The maximum absolute atomic E-state index is 14.4. The summed E-state index contributed by atoms with van der Waals surface area (Å²) in [6.07, 6.45) is 1.25. The molecule has 1 N–H and O–H groups in total. The largest absolute Gasteiger partial charge is 0.352 e. The van der Waals surface area contributed by atoms with Crippen LogP contribution in [0.2, 0.25) is 0 Å². The number of hydrogen-bond donors (Lipinski definition) is 1. The number of para-hydroxylation sites is 1. The molecule has 0 aromatic heterocycles. The molecular formula is C24H32FN3O4S. The fraction of sp³-hybridized carbons (Fsp3) is 0.417. The summed E-state index contributed by atoms with van der Waals surface area (Å²) in [7, 11) is -3.98. The number of benzene rings is 2. The van der Waals surface area contributed by atoms with Crippen molar-refractivity contribution in [2.75, 3.05) is 17.1 Å². The van der Waals surface area contributed by atoms with E-state index in [0.29, 0.717) is 6.42 Å². The highest BCUT2D eigenvalue weighted by molar-refractivity contribution is 7.92. The van der Waals surface area contributed by atoms with E-state index in [2.05, 4.69) is 5.32 Å². The van der Waals surface area contributed by atoms with Crippen molar-refractivity contribution in [3.05, 3.63) is 65.5 Å². The molecule has 0 spiro atoms. The molecule has 0 aliphatic heterocycles. The van der Waals surface area contributed by atoms with E-state index in [9.17, 15) is 22.4 Å². The summed E-state index contributed by atoms with van der Waals surface area (Å²) in [5, 5.41) is 2.83. The van der Waals surface area contributed by atoms with Crippen LogP contribution in [0.1, 0.15) is 38.3 Å². The summed E-state index contributed by atoms with van der Waals surface area (Å²) in [6.45, 7) is 6.83. The smallest absolute Gasteiger partial charge is 0.244 e. The van der Waals surface area contributed by atoms with E-state index in [1.165, 1.54) is 23.1 Å². The first-order valence-electron chi connectivity index (χ1n) is 10.8. The van der Waals surface area contributed by atoms with Gasteiger partial charge < -0.3 is 10.2 Å². The van der Waals surface area contributed by atoms with E-state index < -0.39 is 34.3 Å². The summed E-state index contributed by atoms with van der Waals surface area (Å²) >= 11 is 0. The normalized spacial score (nSPS) is 12.3. The van der Waals surface area contributed by atoms with Crippen LogP contribution in [0.5, 0.6) is 0 Å². The standard InChI is InChI=1S/C24H32FN3O4S/c1-6-21(24(30)26-17(2)3)27(15-19-11-9-10-18(4)14-19)23(29)16-28(33(5,31)32)22-13-8-7-12-20(22)25/h7-14,17,21H,6,15-16H2,1-5H3,(H,26,30)/t21-/m0/s1. The van der Waals surface area contributed by atoms with Crippen molar-refractivity contribution in [2.24, 2.45) is 0 Å². The van der Waals surface area contributed by atoms with Crippen LogP contribution in [0.15, 0.2) is 48.5 Å². The number of rotatable bonds is 10. The van der Waals surface area contributed by atoms with Crippen LogP contribution >= 0.6 is 0 Å². The number of aryl methyl sites for hydroxylation is 1. The zero-order valence-electron chi connectivity index (χ0n) is 19.7. The first kappa shape index (κ1) is 26.3. The lowest BCUT2D eigenvalue weighted by Gasteiger charge is -2.33. The Morgan fingerprint density at radius 2 is 1.76 bits per heavy atom. The predicted molar refractivity (Wildman–Crippen MR) is 128 cm³/mol. The van der Waals surface area contributed by atoms with Gasteiger partial charge in [-0.3, -0.25) is 13.9 Å². The van der Waals surface area contributed by atoms with E-state index >= 15 is 0 Å². The van der Waals surface area contributed by atoms with Gasteiger partial charge in [0.2, 0.25) is 21.8 Å². The molecule has 0 bridgehead atoms. The van der Waals surface area contributed by atoms with E-state index in [0.717, 1.165) is 27.8 Å². The molecule has 0 aliphatic rings. The van der Waals surface area contributed by atoms with Crippen molar-refractivity contribution >= 4 is 27.5 Å². The molecule has 33 heavy (non-hydrogen) atoms. The maximum atomic E-state index is 14.4. The third-order valence-corrected chi connectivity index (χ3v) is 6.18. The molecule has 0 saturated heterocycles. The van der Waals surface area contributed by atoms with Crippen molar-refractivity contribution in [1.29, 1.82) is 0 Å². The summed E-state index contributed by atoms with van der Waals surface area (Å²) in [5.74, 6) is -1.69. The Balaban J connectivity index is 2.46. The average molecular weight is 478 g/mol. The van der Waals surface area contributed by atoms with Gasteiger partial charge in [0.25, 0.3) is 0 Å². The minimum atomic E-state index is -3.98. The van der Waals surface area contributed by atoms with Crippen LogP contribution < -0.4 is 9.62 Å². The van der Waals surface area contributed by atoms with Crippen molar-refractivity contribution in [2.45, 2.75) is 52.7 Å². The average Bonchev–Trinajstić information content (AvgIpc) is 2.71. The van der Waals surface area contributed by atoms with Gasteiger partial charge in [0.15, 0.2) is 0 Å². The number of halogens is 1. The monoisotopic (exact) mass is 477 g/mol. The second-order valence-electron chi connectivity index (χ2n) is 8.32. The van der Waals surface area contributed by atoms with Gasteiger partial charge in [-0.05, 0) is 44.9 Å². The number of anilines is 1. The molecule has 2 aromatic rings. The lowest BCUT2D eigenvalue weighted by molar-refractivity contribution is -0.140. The SMILES string of the molecule is CC[C@@H](C(=O)NC(C)C)N(Cc1cccc(C)c1)C(=O)CN(c1ccccc1F)S(C)(=O)=O. The Bertz CT molecular complexity index is 1090. The highest BCUT2D eigenvalue weighted by Gasteiger charge is 2.32. The van der Waals surface area contributed by atoms with Crippen LogP contribution in [0.4, 0.5) is 10.1 Å². The number of nitrogens with one attached hydrogen (secondary N) is 1. The number of hydrogen-bond acceptors (Lipinski definition) is 4. The molecule has 2 rings (SSSR count). The number of carbonyl (C=O) groups is 2. The summed E-state index contributed by atoms with van der Waals surface area (Å²) in [5.41, 5.74) is 1.57. The van der Waals surface area contributed by atoms with Crippen LogP contribution in [0.3, 0.4) is 0 Å². The van der Waals surface area contributed by atoms with E-state index in [4.69, 9.17) is 0 Å². The second kappa shape index (κ2) is 11.3. The Labute approximate surface area is 195 Å². The Hall–Kier alpha value is -2.94. The molecule has 0 fully saturated rings. The highest BCUT2D eigenvalue weighted by Crippen LogP contribution is 2.22. The molecule has 2 amide bonds. The summed E-state index contributed by atoms with van der Waals surface area (Å²) < 4.78 is 40.1. The van der Waals surface area contributed by atoms with Gasteiger partial charge in [-0.2, -0.15) is 0 Å². The van der Waals surface area contributed by atoms with Crippen molar-refractivity contribution in [1.82, 2.24) is 10.2 Å². The lowest BCUT2D eigenvalue weighted by atomic mass is 10.1. The van der Waals surface area contributed by atoms with Gasteiger partial charge in [-0.15, -0.1) is 0 Å². The van der Waals surface area contributed by atoms with Gasteiger partial charge in [0.05, 0.1) is 11.9 Å². The second-order valence-corrected chi connectivity index (χ2v) is 10.2. The third-order valence-electron chi connectivity index (χ3n) is 5.05. The quantitative estimate of drug-likeness (QED) is 0.569. The van der Waals surface area contributed by atoms with Crippen molar-refractivity contribution in [3.8, 4) is 0 Å². The fourth-order valence-electron chi connectivity index (χ4n) is 3.56. The van der Waals surface area contributed by atoms with Gasteiger partial charge in [0, 0.05) is 12.6 Å². The zero-order chi connectivity index (χ0) is 24.8. The molecule has 2 aromatic carbocycles. The van der Waals surface area contributed by atoms with Gasteiger partial charge in [-0.1, -0.05) is 48.9 Å². The van der Waals surface area contributed by atoms with Gasteiger partial charge in [0.1, 0.15) is 18.4 Å². The van der Waals surface area contributed by atoms with Gasteiger partial charge >= 0.3 is 0 Å². The molecular weight excluding hydrogens is 445 g/mol. The summed E-state index contributed by atoms with van der Waals surface area (Å²) in [6, 6.07) is 11.9. The van der Waals surface area contributed by atoms with Crippen molar-refractivity contribution < 1.29 is 22.4 Å². The molecule has 0 unspecified atom stereocenters. The van der Waals surface area contributed by atoms with Crippen LogP contribution in [-0.2, 0) is 26.2 Å². The number of amides is 2. The van der Waals surface area contributed by atoms with E-state index in [-0.39, 0.29) is 24.2 Å². The molecule has 1 atom stereocenters. The van der Waals surface area contributed by atoms with Crippen LogP contribution in [0, 0.1) is 12.7 Å². The Kier molecular flexibility index (Phi) is 8.99. The highest BCUT2D eigenvalue weighted by atomic mass is 32.2. The number of nitrogens with zero attached hydrogens (tertiary/aromatic N) is 2. The first-order chi connectivity index (χ1) is 15.4. The number of carbonyl (C=O) groups excluding carboxylic acids is 2. The zero-order valence-corrected chi connectivity index (χ0v) is 20.5. The molecule has 0 aliphatic carbocycles. The third kappa shape index (κ3) is 7.28. The number of sulfonamides is 1. The Morgan fingerprint density at radius 1 is 1.09 bits per heavy atom. The minimum absolute atomic E-state index is 0.111. The molecule has 0 heterocycles. The van der Waals surface area contributed by atoms with Crippen molar-refractivity contribution in [3.63, 3.8) is 0 Å². The minimum Gasteiger partial charge on any atom is -0.352 e. The lowest BCUT2D eigenvalue weighted by Crippen LogP contribution is -2.53. The topological polar surface area (TPSA) is 86.8 Å². The van der Waals surface area contributed by atoms with Crippen LogP contribution in [-0.4, -0.2) is 50.0 Å². The molecule has 0 radical (unpaired) electrons. The van der Waals surface area contributed by atoms with E-state index in [1.54, 1.807) is 6.92 Å². The fourth-order valence-corrected chi connectivity index (χ4v) is 4.41. The molecule has 7 nitrogen and oxygen atoms in total. The van der Waals surface area contributed by atoms with Crippen LogP contribution in [0.25, 0.3) is 0 Å². The maximum Gasteiger partial charge on any atom is 0.244 e. The predicted octanol–water partition coefficient (Wildman–Crippen LogP) is 3.23. The Morgan fingerprint density at radius 3 is 2.30 bits per heavy atom. The molecule has 9 heteroatoms. The summed E-state index contributed by atoms with van der Waals surface area (Å²) in [4.78, 5) is 27.7.